The van der Waals surface area contributed by atoms with Crippen LogP contribution in [0.2, 0.25) is 0 Å². The molecule has 2 aromatic carbocycles. The van der Waals surface area contributed by atoms with E-state index in [2.05, 4.69) is 52.9 Å². The van der Waals surface area contributed by atoms with Crippen molar-refractivity contribution in [3.63, 3.8) is 0 Å². The smallest absolute Gasteiger partial charge is 0.246 e. The van der Waals surface area contributed by atoms with Crippen molar-refractivity contribution < 1.29 is 4.79 Å². The molecule has 0 radical (unpaired) electrons. The summed E-state index contributed by atoms with van der Waals surface area (Å²) < 4.78 is 1.72. The number of hydrogen-bond acceptors (Lipinski definition) is 3. The van der Waals surface area contributed by atoms with Crippen LogP contribution in [0.25, 0.3) is 10.8 Å². The molecule has 0 spiro atoms. The lowest BCUT2D eigenvalue weighted by Gasteiger charge is -2.35. The van der Waals surface area contributed by atoms with Crippen LogP contribution in [0.3, 0.4) is 0 Å². The van der Waals surface area contributed by atoms with Gasteiger partial charge in [-0.3, -0.25) is 14.5 Å². The Labute approximate surface area is 177 Å². The Hall–Kier alpha value is -3.35. The molecule has 1 aliphatic rings. The fourth-order valence-electron chi connectivity index (χ4n) is 3.89. The third kappa shape index (κ3) is 4.30. The number of carbonyl (C=O) groups is 1. The number of benzene rings is 2. The Balaban J connectivity index is 1.43. The molecule has 1 amide bonds. The van der Waals surface area contributed by atoms with Crippen LogP contribution < -0.4 is 10.2 Å². The van der Waals surface area contributed by atoms with Crippen molar-refractivity contribution in [2.45, 2.75) is 13.3 Å². The first-order valence-electron chi connectivity index (χ1n) is 10.4. The summed E-state index contributed by atoms with van der Waals surface area (Å²) in [7, 11) is 1.86. The number of aryl methyl sites for hydroxylation is 1. The van der Waals surface area contributed by atoms with Crippen LogP contribution in [0.4, 0.5) is 5.69 Å². The predicted octanol–water partition coefficient (Wildman–Crippen LogP) is 2.43. The molecule has 156 valence electrons. The Morgan fingerprint density at radius 3 is 2.77 bits per heavy atom. The molecule has 1 fully saturated rings. The van der Waals surface area contributed by atoms with Crippen molar-refractivity contribution in [3.8, 4) is 0 Å². The maximum absolute atomic E-state index is 12.7. The van der Waals surface area contributed by atoms with E-state index < -0.39 is 0 Å². The highest BCUT2D eigenvalue weighted by molar-refractivity contribution is 5.98. The van der Waals surface area contributed by atoms with E-state index in [1.807, 2.05) is 25.1 Å². The summed E-state index contributed by atoms with van der Waals surface area (Å²) in [5.41, 5.74) is 2.14. The van der Waals surface area contributed by atoms with Crippen LogP contribution in [0.5, 0.6) is 0 Å². The van der Waals surface area contributed by atoms with Crippen LogP contribution in [-0.4, -0.2) is 59.3 Å². The first-order chi connectivity index (χ1) is 14.7. The Morgan fingerprint density at radius 2 is 2.00 bits per heavy atom. The number of piperazine rings is 1. The molecular weight excluding hydrogens is 376 g/mol. The van der Waals surface area contributed by atoms with Crippen molar-refractivity contribution in [2.24, 2.45) is 12.0 Å². The molecule has 1 aliphatic heterocycles. The van der Waals surface area contributed by atoms with Gasteiger partial charge >= 0.3 is 0 Å². The van der Waals surface area contributed by atoms with Gasteiger partial charge in [0.15, 0.2) is 5.96 Å². The first kappa shape index (κ1) is 19.9. The van der Waals surface area contributed by atoms with Gasteiger partial charge in [-0.05, 0) is 29.7 Å². The lowest BCUT2D eigenvalue weighted by Crippen LogP contribution is -2.55. The highest BCUT2D eigenvalue weighted by Crippen LogP contribution is 2.19. The molecule has 0 bridgehead atoms. The predicted molar refractivity (Wildman–Crippen MR) is 121 cm³/mol. The van der Waals surface area contributed by atoms with Crippen molar-refractivity contribution in [1.82, 2.24) is 20.0 Å². The summed E-state index contributed by atoms with van der Waals surface area (Å²) >= 11 is 0. The van der Waals surface area contributed by atoms with Gasteiger partial charge in [-0.25, -0.2) is 0 Å². The van der Waals surface area contributed by atoms with Gasteiger partial charge in [-0.1, -0.05) is 42.5 Å². The number of fused-ring (bicyclic) bond motifs is 1. The molecule has 7 heteroatoms. The summed E-state index contributed by atoms with van der Waals surface area (Å²) in [6.45, 7) is 5.17. The molecule has 2 heterocycles. The van der Waals surface area contributed by atoms with E-state index in [1.165, 1.54) is 16.3 Å². The zero-order valence-electron chi connectivity index (χ0n) is 17.6. The standard InChI is InChI=1S/C23H28N6O/c1-3-24-23(25-12-11-19-9-6-8-18-7-4-5-10-21(18)19)28-13-14-29(22(30)17-28)20-15-26-27(2)16-20/h4-10,15-16H,3,11-14,17H2,1-2H3,(H,24,25). The Morgan fingerprint density at radius 1 is 1.17 bits per heavy atom. The highest BCUT2D eigenvalue weighted by Gasteiger charge is 2.27. The van der Waals surface area contributed by atoms with E-state index in [1.54, 1.807) is 15.8 Å². The summed E-state index contributed by atoms with van der Waals surface area (Å²) in [6, 6.07) is 14.8. The molecule has 30 heavy (non-hydrogen) atoms. The van der Waals surface area contributed by atoms with Gasteiger partial charge in [0.25, 0.3) is 0 Å². The molecule has 0 unspecified atom stereocenters. The minimum absolute atomic E-state index is 0.0638. The van der Waals surface area contributed by atoms with E-state index in [4.69, 9.17) is 4.99 Å². The van der Waals surface area contributed by atoms with Gasteiger partial charge in [-0.15, -0.1) is 0 Å². The molecule has 7 nitrogen and oxygen atoms in total. The average Bonchev–Trinajstić information content (AvgIpc) is 3.19. The van der Waals surface area contributed by atoms with Gasteiger partial charge in [0, 0.05) is 39.4 Å². The van der Waals surface area contributed by atoms with E-state index >= 15 is 0 Å². The SMILES string of the molecule is CCNC(=NCCc1cccc2ccccc12)N1CCN(c2cnn(C)c2)C(=O)C1. The number of aliphatic imine (C=N–C) groups is 1. The molecule has 0 saturated carbocycles. The van der Waals surface area contributed by atoms with E-state index in [0.717, 1.165) is 31.2 Å². The summed E-state index contributed by atoms with van der Waals surface area (Å²) in [5.74, 6) is 0.867. The molecule has 0 atom stereocenters. The lowest BCUT2D eigenvalue weighted by molar-refractivity contribution is -0.120. The van der Waals surface area contributed by atoms with Gasteiger partial charge in [-0.2, -0.15) is 5.10 Å². The molecule has 1 N–H and O–H groups in total. The number of nitrogens with one attached hydrogen (secondary N) is 1. The number of guanidine groups is 1. The average molecular weight is 405 g/mol. The van der Waals surface area contributed by atoms with Crippen LogP contribution in [0.1, 0.15) is 12.5 Å². The Bertz CT molecular complexity index is 1050. The van der Waals surface area contributed by atoms with Crippen LogP contribution in [0, 0.1) is 0 Å². The second-order valence-corrected chi connectivity index (χ2v) is 7.46. The number of carbonyl (C=O) groups excluding carboxylic acids is 1. The largest absolute Gasteiger partial charge is 0.357 e. The third-order valence-electron chi connectivity index (χ3n) is 5.38. The lowest BCUT2D eigenvalue weighted by atomic mass is 10.0. The van der Waals surface area contributed by atoms with Crippen molar-refractivity contribution in [2.75, 3.05) is 37.6 Å². The van der Waals surface area contributed by atoms with Crippen molar-refractivity contribution in [3.05, 3.63) is 60.4 Å². The second kappa shape index (κ2) is 8.98. The highest BCUT2D eigenvalue weighted by atomic mass is 16.2. The third-order valence-corrected chi connectivity index (χ3v) is 5.38. The summed E-state index contributed by atoms with van der Waals surface area (Å²) in [6.07, 6.45) is 4.47. The number of hydrogen-bond donors (Lipinski definition) is 1. The molecular formula is C23H28N6O. The van der Waals surface area contributed by atoms with Crippen LogP contribution in [-0.2, 0) is 18.3 Å². The zero-order valence-corrected chi connectivity index (χ0v) is 17.6. The number of anilines is 1. The zero-order chi connectivity index (χ0) is 20.9. The van der Waals surface area contributed by atoms with Crippen LogP contribution >= 0.6 is 0 Å². The number of aromatic nitrogens is 2. The maximum Gasteiger partial charge on any atom is 0.246 e. The topological polar surface area (TPSA) is 65.8 Å². The number of nitrogens with zero attached hydrogens (tertiary/aromatic N) is 5. The normalized spacial score (nSPS) is 15.1. The monoisotopic (exact) mass is 404 g/mol. The first-order valence-corrected chi connectivity index (χ1v) is 10.4. The molecule has 1 aromatic heterocycles. The number of amides is 1. The maximum atomic E-state index is 12.7. The second-order valence-electron chi connectivity index (χ2n) is 7.46. The number of rotatable bonds is 5. The Kier molecular flexibility index (Phi) is 5.97. The van der Waals surface area contributed by atoms with E-state index in [9.17, 15) is 4.79 Å². The molecule has 0 aliphatic carbocycles. The van der Waals surface area contributed by atoms with E-state index in [0.29, 0.717) is 19.6 Å². The van der Waals surface area contributed by atoms with Gasteiger partial charge in [0.1, 0.15) is 6.54 Å². The van der Waals surface area contributed by atoms with Crippen molar-refractivity contribution in [1.29, 1.82) is 0 Å². The quantitative estimate of drug-likeness (QED) is 0.524. The van der Waals surface area contributed by atoms with Gasteiger partial charge in [0.2, 0.25) is 5.91 Å². The molecule has 4 rings (SSSR count). The fourth-order valence-corrected chi connectivity index (χ4v) is 3.89. The van der Waals surface area contributed by atoms with Crippen LogP contribution in [0.15, 0.2) is 59.9 Å². The minimum Gasteiger partial charge on any atom is -0.357 e. The molecule has 3 aromatic rings. The van der Waals surface area contributed by atoms with Gasteiger partial charge in [0.05, 0.1) is 11.9 Å². The van der Waals surface area contributed by atoms with Crippen molar-refractivity contribution >= 4 is 28.3 Å². The molecule has 1 saturated heterocycles. The fraction of sp³-hybridized carbons (Fsp3) is 0.348. The van der Waals surface area contributed by atoms with Gasteiger partial charge < -0.3 is 15.1 Å². The summed E-state index contributed by atoms with van der Waals surface area (Å²) in [4.78, 5) is 21.4. The minimum atomic E-state index is 0.0638. The van der Waals surface area contributed by atoms with E-state index in [-0.39, 0.29) is 5.91 Å². The summed E-state index contributed by atoms with van der Waals surface area (Å²) in [5, 5.41) is 10.0.